The number of ether oxygens (including phenoxy) is 2. The number of hydrogen-bond acceptors (Lipinski definition) is 6. The molecule has 0 saturated heterocycles. The summed E-state index contributed by atoms with van der Waals surface area (Å²) in [6.07, 6.45) is 0. The quantitative estimate of drug-likeness (QED) is 0.534. The van der Waals surface area contributed by atoms with Crippen LogP contribution in [-0.4, -0.2) is 46.7 Å². The van der Waals surface area contributed by atoms with E-state index in [0.717, 1.165) is 0 Å². The molecule has 0 radical (unpaired) electrons. The molecule has 164 valence electrons. The molecule has 0 aromatic heterocycles. The van der Waals surface area contributed by atoms with Gasteiger partial charge in [-0.3, -0.25) is 4.79 Å². The Morgan fingerprint density at radius 1 is 0.966 bits per heavy atom. The van der Waals surface area contributed by atoms with E-state index in [0.29, 0.717) is 0 Å². The van der Waals surface area contributed by atoms with E-state index in [-0.39, 0.29) is 41.8 Å². The number of carbonyl (C=O) groups excluding carboxylic acids is 1. The maximum atomic E-state index is 12.4. The predicted octanol–water partition coefficient (Wildman–Crippen LogP) is 3.01. The number of ketones is 1. The van der Waals surface area contributed by atoms with Gasteiger partial charge in [-0.1, -0.05) is 41.5 Å². The van der Waals surface area contributed by atoms with Crippen molar-refractivity contribution in [3.63, 3.8) is 0 Å². The summed E-state index contributed by atoms with van der Waals surface area (Å²) in [7, 11) is 0. The molecule has 0 aliphatic rings. The Balaban J connectivity index is 0.00000784. The molecule has 0 atom stereocenters. The van der Waals surface area contributed by atoms with Gasteiger partial charge in [0, 0.05) is 16.4 Å². The molecule has 0 spiro atoms. The van der Waals surface area contributed by atoms with Crippen LogP contribution in [0.25, 0.3) is 0 Å². The maximum Gasteiger partial charge on any atom is 0.349 e. The zero-order valence-corrected chi connectivity index (χ0v) is 18.4. The number of rotatable bonds is 8. The van der Waals surface area contributed by atoms with Crippen LogP contribution in [0, 0.1) is 10.8 Å². The summed E-state index contributed by atoms with van der Waals surface area (Å²) in [6.45, 7) is 9.57. The van der Waals surface area contributed by atoms with Gasteiger partial charge in [-0.25, -0.2) is 9.59 Å². The molecule has 9 heteroatoms. The summed E-state index contributed by atoms with van der Waals surface area (Å²) in [6, 6.07) is 4.15. The largest absolute Gasteiger partial charge is 0.479 e. The average Bonchev–Trinajstić information content (AvgIpc) is 2.54. The minimum atomic E-state index is -1.68. The summed E-state index contributed by atoms with van der Waals surface area (Å²) >= 11 is 0. The zero-order valence-electron chi connectivity index (χ0n) is 17.6. The molecule has 29 heavy (non-hydrogen) atoms. The molecule has 0 fully saturated rings. The number of carboxylic acid groups (broad SMARTS) is 2. The Morgan fingerprint density at radius 3 is 1.86 bits per heavy atom. The molecule has 0 amide bonds. The summed E-state index contributed by atoms with van der Waals surface area (Å²) in [5.74, 6) is -2.78. The van der Waals surface area contributed by atoms with E-state index in [2.05, 4.69) is 0 Å². The van der Waals surface area contributed by atoms with E-state index in [9.17, 15) is 19.5 Å². The molecule has 0 bridgehead atoms. The van der Waals surface area contributed by atoms with Crippen molar-refractivity contribution in [1.29, 1.82) is 0 Å². The molecular formula is C20H30ClNO7. The fourth-order valence-corrected chi connectivity index (χ4v) is 3.42. The van der Waals surface area contributed by atoms with Crippen LogP contribution >= 0.6 is 12.4 Å². The van der Waals surface area contributed by atoms with Gasteiger partial charge in [-0.15, -0.1) is 12.4 Å². The highest BCUT2D eigenvalue weighted by Crippen LogP contribution is 2.48. The van der Waals surface area contributed by atoms with E-state index in [1.807, 2.05) is 0 Å². The van der Waals surface area contributed by atoms with Crippen LogP contribution in [0.5, 0.6) is 11.5 Å². The van der Waals surface area contributed by atoms with Crippen molar-refractivity contribution in [1.82, 2.24) is 0 Å². The molecule has 4 N–H and O–H groups in total. The second kappa shape index (κ2) is 9.45. The molecule has 0 unspecified atom stereocenters. The third-order valence-corrected chi connectivity index (χ3v) is 4.48. The highest BCUT2D eigenvalue weighted by atomic mass is 35.5. The fourth-order valence-electron chi connectivity index (χ4n) is 3.42. The molecule has 0 aliphatic carbocycles. The first-order valence-electron chi connectivity index (χ1n) is 8.81. The molecule has 0 saturated carbocycles. The van der Waals surface area contributed by atoms with Gasteiger partial charge in [0.05, 0.1) is 6.54 Å². The van der Waals surface area contributed by atoms with Gasteiger partial charge < -0.3 is 25.4 Å². The molecule has 8 nitrogen and oxygen atoms in total. The first-order chi connectivity index (χ1) is 12.7. The van der Waals surface area contributed by atoms with Crippen molar-refractivity contribution in [2.24, 2.45) is 16.6 Å². The smallest absolute Gasteiger partial charge is 0.349 e. The normalized spacial score (nSPS) is 12.0. The van der Waals surface area contributed by atoms with Crippen LogP contribution in [0.2, 0.25) is 0 Å². The van der Waals surface area contributed by atoms with Gasteiger partial charge >= 0.3 is 11.9 Å². The Labute approximate surface area is 176 Å². The lowest BCUT2D eigenvalue weighted by molar-refractivity contribution is -0.184. The van der Waals surface area contributed by atoms with Crippen molar-refractivity contribution in [2.45, 2.75) is 47.1 Å². The lowest BCUT2D eigenvalue weighted by atomic mass is 9.62. The second-order valence-corrected chi connectivity index (χ2v) is 8.56. The minimum Gasteiger partial charge on any atom is -0.479 e. The van der Waals surface area contributed by atoms with E-state index in [4.69, 9.17) is 20.3 Å². The molecule has 0 aliphatic heterocycles. The Hall–Kier alpha value is -2.32. The fraction of sp³-hybridized carbons (Fsp3) is 0.550. The van der Waals surface area contributed by atoms with E-state index in [1.54, 1.807) is 41.5 Å². The van der Waals surface area contributed by atoms with Gasteiger partial charge in [0.15, 0.2) is 23.9 Å². The Morgan fingerprint density at radius 2 is 1.48 bits per heavy atom. The number of benzene rings is 1. The van der Waals surface area contributed by atoms with Crippen molar-refractivity contribution in [3.8, 4) is 11.5 Å². The van der Waals surface area contributed by atoms with Crippen molar-refractivity contribution in [3.05, 3.63) is 23.8 Å². The van der Waals surface area contributed by atoms with Gasteiger partial charge in [-0.2, -0.15) is 0 Å². The summed E-state index contributed by atoms with van der Waals surface area (Å²) in [4.78, 5) is 35.2. The molecule has 0 heterocycles. The number of hydrogen-bond donors (Lipinski definition) is 3. The number of Topliss-reactive ketones (excluding diaryl/α,β-unsaturated/α-hetero) is 1. The minimum absolute atomic E-state index is 0. The van der Waals surface area contributed by atoms with Crippen LogP contribution in [0.3, 0.4) is 0 Å². The Kier molecular flexibility index (Phi) is 8.70. The highest BCUT2D eigenvalue weighted by molar-refractivity contribution is 5.98. The number of aliphatic carboxylic acids is 2. The van der Waals surface area contributed by atoms with Crippen molar-refractivity contribution < 1.29 is 34.1 Å². The first-order valence-corrected chi connectivity index (χ1v) is 8.81. The SMILES string of the molecule is CC(C)(C)C(Oc1ccc(C(=O)CN)cc1OCC(=O)O)(C(=O)O)C(C)(C)C.Cl. The average molecular weight is 432 g/mol. The zero-order chi connectivity index (χ0) is 21.9. The highest BCUT2D eigenvalue weighted by Gasteiger charge is 2.59. The molecule has 1 rings (SSSR count). The van der Waals surface area contributed by atoms with Crippen LogP contribution in [-0.2, 0) is 9.59 Å². The summed E-state index contributed by atoms with van der Waals surface area (Å²) in [5, 5.41) is 19.0. The van der Waals surface area contributed by atoms with Gasteiger partial charge in [0.25, 0.3) is 0 Å². The third-order valence-electron chi connectivity index (χ3n) is 4.48. The topological polar surface area (TPSA) is 136 Å². The maximum absolute atomic E-state index is 12.4. The standard InChI is InChI=1S/C20H29NO7.ClH/c1-18(2,3)20(17(25)26,19(4,5)6)28-14-8-7-12(13(22)10-21)9-15(14)27-11-16(23)24;/h7-9H,10-11,21H2,1-6H3,(H,23,24)(H,25,26);1H. The van der Waals surface area contributed by atoms with E-state index in [1.165, 1.54) is 18.2 Å². The van der Waals surface area contributed by atoms with Gasteiger partial charge in [0.2, 0.25) is 5.60 Å². The van der Waals surface area contributed by atoms with E-state index < -0.39 is 35.0 Å². The number of nitrogens with two attached hydrogens (primary N) is 1. The predicted molar refractivity (Wildman–Crippen MR) is 110 cm³/mol. The third kappa shape index (κ3) is 5.61. The van der Waals surface area contributed by atoms with Crippen molar-refractivity contribution >= 4 is 30.1 Å². The molecule has 1 aromatic carbocycles. The number of carboxylic acids is 2. The van der Waals surface area contributed by atoms with Crippen LogP contribution in [0.1, 0.15) is 51.9 Å². The van der Waals surface area contributed by atoms with Crippen molar-refractivity contribution in [2.75, 3.05) is 13.2 Å². The lowest BCUT2D eigenvalue weighted by Crippen LogP contribution is -2.63. The Bertz CT molecular complexity index is 749. The summed E-state index contributed by atoms with van der Waals surface area (Å²) in [5.41, 5.74) is 2.23. The monoisotopic (exact) mass is 431 g/mol. The van der Waals surface area contributed by atoms with Gasteiger partial charge in [0.1, 0.15) is 0 Å². The van der Waals surface area contributed by atoms with Crippen LogP contribution < -0.4 is 15.2 Å². The second-order valence-electron chi connectivity index (χ2n) is 8.56. The lowest BCUT2D eigenvalue weighted by Gasteiger charge is -2.49. The molecular weight excluding hydrogens is 402 g/mol. The number of carbonyl (C=O) groups is 3. The van der Waals surface area contributed by atoms with Crippen LogP contribution in [0.4, 0.5) is 0 Å². The first kappa shape index (κ1) is 26.7. The van der Waals surface area contributed by atoms with Gasteiger partial charge in [-0.05, 0) is 18.2 Å². The molecule has 1 aromatic rings. The van der Waals surface area contributed by atoms with Crippen LogP contribution in [0.15, 0.2) is 18.2 Å². The number of halogens is 1. The summed E-state index contributed by atoms with van der Waals surface area (Å²) < 4.78 is 11.3. The van der Waals surface area contributed by atoms with E-state index >= 15 is 0 Å².